The standard InChI is InChI=1S/C11H22N2O/c1-9(12)5-3-8-11(14)13(2)10-6-4-7-10/h9-10H,3-8,12H2,1-2H3. The number of hydrogen-bond donors (Lipinski definition) is 1. The number of rotatable bonds is 5. The molecule has 1 atom stereocenters. The van der Waals surface area contributed by atoms with Gasteiger partial charge < -0.3 is 10.6 Å². The van der Waals surface area contributed by atoms with Crippen LogP contribution in [-0.2, 0) is 4.79 Å². The third-order valence-electron chi connectivity index (χ3n) is 3.07. The average Bonchev–Trinajstić information content (AvgIpc) is 2.00. The van der Waals surface area contributed by atoms with Gasteiger partial charge in [0.25, 0.3) is 0 Å². The predicted octanol–water partition coefficient (Wildman–Crippen LogP) is 1.51. The smallest absolute Gasteiger partial charge is 0.222 e. The second-order valence-corrected chi connectivity index (χ2v) is 4.46. The molecule has 0 aliphatic heterocycles. The number of carbonyl (C=O) groups excluding carboxylic acids is 1. The van der Waals surface area contributed by atoms with E-state index in [1.807, 2.05) is 18.9 Å². The van der Waals surface area contributed by atoms with E-state index < -0.39 is 0 Å². The molecule has 1 fully saturated rings. The van der Waals surface area contributed by atoms with Crippen LogP contribution in [0.4, 0.5) is 0 Å². The highest BCUT2D eigenvalue weighted by Gasteiger charge is 2.24. The summed E-state index contributed by atoms with van der Waals surface area (Å²) >= 11 is 0. The van der Waals surface area contributed by atoms with E-state index in [2.05, 4.69) is 0 Å². The van der Waals surface area contributed by atoms with Crippen molar-refractivity contribution in [1.29, 1.82) is 0 Å². The molecule has 3 heteroatoms. The molecule has 0 bridgehead atoms. The van der Waals surface area contributed by atoms with Crippen LogP contribution in [-0.4, -0.2) is 29.9 Å². The fourth-order valence-corrected chi connectivity index (χ4v) is 1.73. The van der Waals surface area contributed by atoms with E-state index in [-0.39, 0.29) is 11.9 Å². The maximum Gasteiger partial charge on any atom is 0.222 e. The summed E-state index contributed by atoms with van der Waals surface area (Å²) in [6, 6.07) is 0.745. The van der Waals surface area contributed by atoms with Crippen LogP contribution in [0.25, 0.3) is 0 Å². The van der Waals surface area contributed by atoms with Gasteiger partial charge in [0.15, 0.2) is 0 Å². The van der Waals surface area contributed by atoms with Crippen LogP contribution >= 0.6 is 0 Å². The van der Waals surface area contributed by atoms with E-state index in [1.54, 1.807) is 0 Å². The zero-order valence-corrected chi connectivity index (χ0v) is 9.33. The first-order valence-corrected chi connectivity index (χ1v) is 5.62. The monoisotopic (exact) mass is 198 g/mol. The number of amides is 1. The Hall–Kier alpha value is -0.570. The van der Waals surface area contributed by atoms with Gasteiger partial charge in [-0.05, 0) is 39.0 Å². The molecular weight excluding hydrogens is 176 g/mol. The van der Waals surface area contributed by atoms with Gasteiger partial charge in [0, 0.05) is 25.6 Å². The van der Waals surface area contributed by atoms with Crippen molar-refractivity contribution in [3.8, 4) is 0 Å². The maximum absolute atomic E-state index is 11.6. The number of nitrogens with two attached hydrogens (primary N) is 1. The maximum atomic E-state index is 11.6. The highest BCUT2D eigenvalue weighted by molar-refractivity contribution is 5.76. The van der Waals surface area contributed by atoms with Crippen molar-refractivity contribution < 1.29 is 4.79 Å². The number of carbonyl (C=O) groups is 1. The molecule has 1 unspecified atom stereocenters. The zero-order chi connectivity index (χ0) is 10.6. The SMILES string of the molecule is CC(N)CCCC(=O)N(C)C1CCC1. The van der Waals surface area contributed by atoms with Crippen molar-refractivity contribution in [2.75, 3.05) is 7.05 Å². The molecule has 0 saturated heterocycles. The lowest BCUT2D eigenvalue weighted by molar-refractivity contribution is -0.133. The Bertz CT molecular complexity index is 188. The fraction of sp³-hybridized carbons (Fsp3) is 0.909. The van der Waals surface area contributed by atoms with Gasteiger partial charge in [0.1, 0.15) is 0 Å². The van der Waals surface area contributed by atoms with Gasteiger partial charge in [-0.3, -0.25) is 4.79 Å². The van der Waals surface area contributed by atoms with E-state index in [4.69, 9.17) is 5.73 Å². The van der Waals surface area contributed by atoms with E-state index in [9.17, 15) is 4.79 Å². The Labute approximate surface area is 86.6 Å². The quantitative estimate of drug-likeness (QED) is 0.728. The summed E-state index contributed by atoms with van der Waals surface area (Å²) in [6.45, 7) is 1.99. The first-order valence-electron chi connectivity index (χ1n) is 5.62. The van der Waals surface area contributed by atoms with Gasteiger partial charge in [0.05, 0.1) is 0 Å². The Balaban J connectivity index is 2.13. The van der Waals surface area contributed by atoms with Crippen LogP contribution in [0.2, 0.25) is 0 Å². The lowest BCUT2D eigenvalue weighted by Gasteiger charge is -2.34. The molecule has 0 heterocycles. The molecule has 1 aliphatic rings. The van der Waals surface area contributed by atoms with Crippen LogP contribution in [0.3, 0.4) is 0 Å². The molecule has 3 nitrogen and oxygen atoms in total. The normalized spacial score (nSPS) is 18.8. The third-order valence-corrected chi connectivity index (χ3v) is 3.07. The Kier molecular flexibility index (Phi) is 4.39. The number of nitrogens with zero attached hydrogens (tertiary/aromatic N) is 1. The first-order chi connectivity index (χ1) is 6.61. The molecule has 1 saturated carbocycles. The topological polar surface area (TPSA) is 46.3 Å². The summed E-state index contributed by atoms with van der Waals surface area (Å²) in [6.07, 6.45) is 6.19. The lowest BCUT2D eigenvalue weighted by Crippen LogP contribution is -2.41. The summed E-state index contributed by atoms with van der Waals surface area (Å²) in [5.74, 6) is 0.287. The van der Waals surface area contributed by atoms with Gasteiger partial charge in [-0.25, -0.2) is 0 Å². The molecule has 0 aromatic heterocycles. The molecule has 0 aromatic carbocycles. The predicted molar refractivity (Wildman–Crippen MR) is 57.9 cm³/mol. The molecule has 0 aromatic rings. The van der Waals surface area contributed by atoms with E-state index >= 15 is 0 Å². The minimum absolute atomic E-state index is 0.219. The van der Waals surface area contributed by atoms with Gasteiger partial charge >= 0.3 is 0 Å². The van der Waals surface area contributed by atoms with Crippen molar-refractivity contribution in [1.82, 2.24) is 4.90 Å². The lowest BCUT2D eigenvalue weighted by atomic mass is 9.91. The molecule has 0 spiro atoms. The highest BCUT2D eigenvalue weighted by atomic mass is 16.2. The third kappa shape index (κ3) is 3.29. The molecule has 0 radical (unpaired) electrons. The minimum Gasteiger partial charge on any atom is -0.343 e. The van der Waals surface area contributed by atoms with Crippen molar-refractivity contribution in [3.63, 3.8) is 0 Å². The van der Waals surface area contributed by atoms with Crippen LogP contribution in [0.15, 0.2) is 0 Å². The second kappa shape index (κ2) is 5.35. The molecule has 1 amide bonds. The summed E-state index contributed by atoms with van der Waals surface area (Å²) in [4.78, 5) is 13.6. The summed E-state index contributed by atoms with van der Waals surface area (Å²) in [7, 11) is 1.93. The van der Waals surface area contributed by atoms with Gasteiger partial charge in [-0.2, -0.15) is 0 Å². The van der Waals surface area contributed by atoms with E-state index in [0.717, 1.165) is 12.8 Å². The Morgan fingerprint density at radius 2 is 2.21 bits per heavy atom. The van der Waals surface area contributed by atoms with E-state index in [0.29, 0.717) is 12.5 Å². The highest BCUT2D eigenvalue weighted by Crippen LogP contribution is 2.24. The first kappa shape index (κ1) is 11.5. The molecule has 1 aliphatic carbocycles. The van der Waals surface area contributed by atoms with Crippen LogP contribution in [0.5, 0.6) is 0 Å². The molecule has 82 valence electrons. The number of hydrogen-bond acceptors (Lipinski definition) is 2. The summed E-state index contributed by atoms with van der Waals surface area (Å²) in [5.41, 5.74) is 5.63. The Morgan fingerprint density at radius 1 is 1.57 bits per heavy atom. The molecule has 2 N–H and O–H groups in total. The van der Waals surface area contributed by atoms with Crippen LogP contribution in [0.1, 0.15) is 45.4 Å². The Morgan fingerprint density at radius 3 is 2.64 bits per heavy atom. The second-order valence-electron chi connectivity index (χ2n) is 4.46. The van der Waals surface area contributed by atoms with Crippen molar-refractivity contribution in [2.45, 2.75) is 57.5 Å². The largest absolute Gasteiger partial charge is 0.343 e. The van der Waals surface area contributed by atoms with Crippen molar-refractivity contribution >= 4 is 5.91 Å². The van der Waals surface area contributed by atoms with Crippen LogP contribution < -0.4 is 5.73 Å². The van der Waals surface area contributed by atoms with Crippen molar-refractivity contribution in [2.24, 2.45) is 5.73 Å². The molecule has 14 heavy (non-hydrogen) atoms. The fourth-order valence-electron chi connectivity index (χ4n) is 1.73. The van der Waals surface area contributed by atoms with Crippen molar-refractivity contribution in [3.05, 3.63) is 0 Å². The zero-order valence-electron chi connectivity index (χ0n) is 9.33. The minimum atomic E-state index is 0.219. The van der Waals surface area contributed by atoms with Gasteiger partial charge in [-0.15, -0.1) is 0 Å². The van der Waals surface area contributed by atoms with Crippen LogP contribution in [0, 0.1) is 0 Å². The van der Waals surface area contributed by atoms with Gasteiger partial charge in [-0.1, -0.05) is 0 Å². The average molecular weight is 198 g/mol. The summed E-state index contributed by atoms with van der Waals surface area (Å²) in [5, 5.41) is 0. The van der Waals surface area contributed by atoms with Gasteiger partial charge in [0.2, 0.25) is 5.91 Å². The summed E-state index contributed by atoms with van der Waals surface area (Å²) < 4.78 is 0. The van der Waals surface area contributed by atoms with E-state index in [1.165, 1.54) is 19.3 Å². The molecular formula is C11H22N2O. The molecule has 1 rings (SSSR count).